The highest BCUT2D eigenvalue weighted by Gasteiger charge is 2.35. The number of halogens is 1. The second kappa shape index (κ2) is 18.9. The van der Waals surface area contributed by atoms with Crippen LogP contribution in [0.15, 0.2) is 30.3 Å². The fourth-order valence-corrected chi connectivity index (χ4v) is 5.75. The molecule has 2 aliphatic rings. The molecule has 0 spiro atoms. The van der Waals surface area contributed by atoms with Gasteiger partial charge in [0.2, 0.25) is 0 Å². The molecule has 1 atom stereocenters. The molecule has 3 heterocycles. The fraction of sp³-hybridized carbons (Fsp3) is 0.639. The van der Waals surface area contributed by atoms with Crippen molar-refractivity contribution in [1.29, 1.82) is 0 Å². The molecule has 2 amide bonds. The molecule has 0 radical (unpaired) electrons. The number of pyridine rings is 1. The molecule has 1 fully saturated rings. The maximum absolute atomic E-state index is 15.1. The molecule has 0 saturated carbocycles. The van der Waals surface area contributed by atoms with Crippen LogP contribution in [0.1, 0.15) is 75.7 Å². The first-order valence-corrected chi connectivity index (χ1v) is 17.3. The Morgan fingerprint density at radius 3 is 2.48 bits per heavy atom. The molecule has 266 valence electrons. The molecule has 0 aliphatic carbocycles. The van der Waals surface area contributed by atoms with Gasteiger partial charge in [-0.1, -0.05) is 39.3 Å². The number of aromatic nitrogens is 1. The number of nitrogens with zero attached hydrogens (tertiary/aromatic N) is 3. The number of carboxylic acid groups (broad SMARTS) is 1. The molecule has 1 saturated heterocycles. The second-order valence-electron chi connectivity index (χ2n) is 13.2. The minimum atomic E-state index is -1.07. The summed E-state index contributed by atoms with van der Waals surface area (Å²) >= 11 is 0. The number of ether oxygens (including phenoxy) is 4. The van der Waals surface area contributed by atoms with Gasteiger partial charge in [-0.3, -0.25) is 4.79 Å². The number of anilines is 1. The first-order valence-electron chi connectivity index (χ1n) is 17.3. The Morgan fingerprint density at radius 1 is 1.04 bits per heavy atom. The number of urea groups is 1. The quantitative estimate of drug-likeness (QED) is 0.151. The molecular formula is C36H53FN4O7. The molecule has 2 aromatic rings. The highest BCUT2D eigenvalue weighted by molar-refractivity contribution is 5.78. The van der Waals surface area contributed by atoms with Gasteiger partial charge in [0.15, 0.2) is 11.6 Å². The third kappa shape index (κ3) is 11.6. The molecule has 4 rings (SSSR count). The molecule has 2 aliphatic heterocycles. The Hall–Kier alpha value is -3.48. The van der Waals surface area contributed by atoms with Gasteiger partial charge in [0, 0.05) is 38.5 Å². The van der Waals surface area contributed by atoms with Crippen molar-refractivity contribution in [3.05, 3.63) is 53.0 Å². The molecule has 1 aromatic carbocycles. The minimum absolute atomic E-state index is 0.0384. The van der Waals surface area contributed by atoms with Crippen LogP contribution in [0.25, 0.3) is 0 Å². The molecule has 48 heavy (non-hydrogen) atoms. The summed E-state index contributed by atoms with van der Waals surface area (Å²) < 4.78 is 37.3. The number of carbonyl (C=O) groups is 2. The van der Waals surface area contributed by atoms with Gasteiger partial charge in [0.25, 0.3) is 0 Å². The van der Waals surface area contributed by atoms with Crippen molar-refractivity contribution in [2.45, 2.75) is 71.8 Å². The minimum Gasteiger partial charge on any atom is -0.488 e. The van der Waals surface area contributed by atoms with E-state index < -0.39 is 17.8 Å². The Balaban J connectivity index is 1.16. The van der Waals surface area contributed by atoms with E-state index in [9.17, 15) is 14.7 Å². The van der Waals surface area contributed by atoms with Crippen LogP contribution in [-0.4, -0.2) is 104 Å². The number of benzene rings is 1. The van der Waals surface area contributed by atoms with Gasteiger partial charge in [-0.2, -0.15) is 0 Å². The van der Waals surface area contributed by atoms with Gasteiger partial charge in [-0.25, -0.2) is 14.2 Å². The lowest BCUT2D eigenvalue weighted by Crippen LogP contribution is -2.36. The summed E-state index contributed by atoms with van der Waals surface area (Å²) in [5.41, 5.74) is 2.92. The number of rotatable bonds is 22. The number of carboxylic acids is 1. The van der Waals surface area contributed by atoms with E-state index in [0.29, 0.717) is 57.0 Å². The van der Waals surface area contributed by atoms with Crippen LogP contribution in [0.5, 0.6) is 5.75 Å². The third-order valence-electron chi connectivity index (χ3n) is 9.13. The Labute approximate surface area is 284 Å². The van der Waals surface area contributed by atoms with Crippen LogP contribution in [0.3, 0.4) is 0 Å². The first-order chi connectivity index (χ1) is 23.2. The molecule has 12 heteroatoms. The fourth-order valence-electron chi connectivity index (χ4n) is 5.75. The van der Waals surface area contributed by atoms with E-state index in [-0.39, 0.29) is 31.4 Å². The van der Waals surface area contributed by atoms with Gasteiger partial charge in [-0.15, -0.1) is 0 Å². The topological polar surface area (TPSA) is 123 Å². The molecular weight excluding hydrogens is 619 g/mol. The Kier molecular flexibility index (Phi) is 14.7. The summed E-state index contributed by atoms with van der Waals surface area (Å²) in [7, 11) is 0. The highest BCUT2D eigenvalue weighted by Crippen LogP contribution is 2.31. The molecule has 0 bridgehead atoms. The zero-order valence-electron chi connectivity index (χ0n) is 28.8. The van der Waals surface area contributed by atoms with Gasteiger partial charge in [0.05, 0.1) is 45.5 Å². The number of carbonyl (C=O) groups excluding carboxylic acids is 1. The highest BCUT2D eigenvalue weighted by atomic mass is 19.1. The lowest BCUT2D eigenvalue weighted by molar-refractivity contribution is -0.138. The van der Waals surface area contributed by atoms with E-state index in [2.05, 4.69) is 32.2 Å². The number of hydrogen-bond acceptors (Lipinski definition) is 8. The second-order valence-corrected chi connectivity index (χ2v) is 13.2. The van der Waals surface area contributed by atoms with Gasteiger partial charge in [0.1, 0.15) is 12.4 Å². The van der Waals surface area contributed by atoms with Gasteiger partial charge >= 0.3 is 12.0 Å². The van der Waals surface area contributed by atoms with E-state index in [1.165, 1.54) is 22.6 Å². The van der Waals surface area contributed by atoms with Crippen LogP contribution in [0.2, 0.25) is 0 Å². The van der Waals surface area contributed by atoms with Crippen molar-refractivity contribution in [2.75, 3.05) is 77.7 Å². The summed E-state index contributed by atoms with van der Waals surface area (Å²) in [6.45, 7) is 11.9. The standard InChI is InChI=1S/C36H53FN4O7/c1-4-36(2,3)13-18-45-19-20-46-21-22-47-23-24-48-32-12-10-28(25-30(32)37)31(26-33(42)43)41-17-16-40(35(41)44)15-6-8-29-11-9-27-7-5-14-38-34(27)39-29/h9-12,25,31H,4-8,13-24,26H2,1-3H3,(H,38,39)(H,42,43)/t31-/m0/s1. The third-order valence-corrected chi connectivity index (χ3v) is 9.13. The van der Waals surface area contributed by atoms with Crippen LogP contribution in [-0.2, 0) is 31.8 Å². The number of aryl methyl sites for hydroxylation is 2. The lowest BCUT2D eigenvalue weighted by Gasteiger charge is -2.27. The zero-order valence-corrected chi connectivity index (χ0v) is 28.8. The largest absolute Gasteiger partial charge is 0.488 e. The number of hydrogen-bond donors (Lipinski definition) is 2. The van der Waals surface area contributed by atoms with Crippen molar-refractivity contribution in [1.82, 2.24) is 14.8 Å². The van der Waals surface area contributed by atoms with Crippen LogP contribution in [0, 0.1) is 11.2 Å². The van der Waals surface area contributed by atoms with E-state index in [1.807, 2.05) is 6.07 Å². The van der Waals surface area contributed by atoms with E-state index in [4.69, 9.17) is 23.9 Å². The normalized spacial score (nSPS) is 15.4. The molecule has 2 N–H and O–H groups in total. The van der Waals surface area contributed by atoms with Gasteiger partial charge in [-0.05, 0) is 66.8 Å². The SMILES string of the molecule is CCC(C)(C)CCOCCOCCOCCOc1ccc([C@H](CC(=O)O)N2CCN(CCCc3ccc4c(n3)NCCC4)C2=O)cc1F. The molecule has 0 unspecified atom stereocenters. The maximum atomic E-state index is 15.1. The average Bonchev–Trinajstić information content (AvgIpc) is 3.43. The summed E-state index contributed by atoms with van der Waals surface area (Å²) in [5, 5.41) is 13.0. The van der Waals surface area contributed by atoms with Gasteiger partial charge < -0.3 is 39.2 Å². The number of amides is 2. The number of nitrogens with one attached hydrogen (secondary N) is 1. The predicted octanol–water partition coefficient (Wildman–Crippen LogP) is 5.72. The summed E-state index contributed by atoms with van der Waals surface area (Å²) in [6, 6.07) is 7.49. The van der Waals surface area contributed by atoms with Crippen LogP contribution < -0.4 is 10.1 Å². The molecule has 1 aromatic heterocycles. The summed E-state index contributed by atoms with van der Waals surface area (Å²) in [5.74, 6) is -0.694. The lowest BCUT2D eigenvalue weighted by atomic mass is 9.87. The van der Waals surface area contributed by atoms with E-state index >= 15 is 4.39 Å². The zero-order chi connectivity index (χ0) is 34.4. The van der Waals surface area contributed by atoms with Crippen LogP contribution in [0.4, 0.5) is 15.0 Å². The van der Waals surface area contributed by atoms with E-state index in [0.717, 1.165) is 63.2 Å². The van der Waals surface area contributed by atoms with Crippen molar-refractivity contribution in [3.8, 4) is 5.75 Å². The number of aliphatic carboxylic acids is 1. The average molecular weight is 673 g/mol. The number of fused-ring (bicyclic) bond motifs is 1. The maximum Gasteiger partial charge on any atom is 0.320 e. The van der Waals surface area contributed by atoms with Crippen LogP contribution >= 0.6 is 0 Å². The van der Waals surface area contributed by atoms with Crippen molar-refractivity contribution in [2.24, 2.45) is 5.41 Å². The van der Waals surface area contributed by atoms with E-state index in [1.54, 1.807) is 11.0 Å². The predicted molar refractivity (Wildman–Crippen MR) is 181 cm³/mol. The Bertz CT molecular complexity index is 1330. The van der Waals surface area contributed by atoms with Crippen molar-refractivity contribution >= 4 is 17.8 Å². The first kappa shape index (κ1) is 37.3. The smallest absolute Gasteiger partial charge is 0.320 e. The van der Waals surface area contributed by atoms with Crippen molar-refractivity contribution < 1.29 is 38.0 Å². The molecule has 11 nitrogen and oxygen atoms in total. The monoisotopic (exact) mass is 672 g/mol. The Morgan fingerprint density at radius 2 is 1.77 bits per heavy atom. The van der Waals surface area contributed by atoms with Crippen molar-refractivity contribution in [3.63, 3.8) is 0 Å². The summed E-state index contributed by atoms with van der Waals surface area (Å²) in [6.07, 6.45) is 5.42. The summed E-state index contributed by atoms with van der Waals surface area (Å²) in [4.78, 5) is 33.1.